The van der Waals surface area contributed by atoms with Crippen LogP contribution in [0.15, 0.2) is 84.6 Å². The molecule has 5 nitrogen and oxygen atoms in total. The highest BCUT2D eigenvalue weighted by molar-refractivity contribution is 6.36. The van der Waals surface area contributed by atoms with Crippen LogP contribution in [0.3, 0.4) is 0 Å². The highest BCUT2D eigenvalue weighted by atomic mass is 16.5. The molecule has 150 valence electrons. The molecule has 5 heteroatoms. The lowest BCUT2D eigenvalue weighted by Gasteiger charge is -2.16. The molecule has 0 saturated heterocycles. The summed E-state index contributed by atoms with van der Waals surface area (Å²) in [4.78, 5) is 27.8. The lowest BCUT2D eigenvalue weighted by atomic mass is 10.0. The highest BCUT2D eigenvalue weighted by Crippen LogP contribution is 2.31. The molecule has 0 saturated carbocycles. The Balaban J connectivity index is 1.68. The van der Waals surface area contributed by atoms with Crippen molar-refractivity contribution in [3.05, 3.63) is 101 Å². The molecule has 0 aliphatic carbocycles. The number of ether oxygens (including phenoxy) is 1. The summed E-state index contributed by atoms with van der Waals surface area (Å²) in [6.45, 7) is 2.19. The van der Waals surface area contributed by atoms with Gasteiger partial charge in [0, 0.05) is 5.69 Å². The summed E-state index contributed by atoms with van der Waals surface area (Å²) < 4.78 is 5.18. The minimum absolute atomic E-state index is 0.192. The topological polar surface area (TPSA) is 58.6 Å². The van der Waals surface area contributed by atoms with Gasteiger partial charge in [-0.3, -0.25) is 14.5 Å². The van der Waals surface area contributed by atoms with Crippen molar-refractivity contribution in [1.29, 1.82) is 0 Å². The van der Waals surface area contributed by atoms with E-state index in [1.54, 1.807) is 7.11 Å². The molecule has 3 aromatic carbocycles. The zero-order valence-electron chi connectivity index (χ0n) is 16.9. The van der Waals surface area contributed by atoms with E-state index in [1.807, 2.05) is 85.8 Å². The number of carbonyl (C=O) groups excluding carboxylic acids is 2. The van der Waals surface area contributed by atoms with Crippen molar-refractivity contribution < 1.29 is 14.3 Å². The van der Waals surface area contributed by atoms with Gasteiger partial charge in [0.1, 0.15) is 11.4 Å². The van der Waals surface area contributed by atoms with E-state index in [9.17, 15) is 9.59 Å². The summed E-state index contributed by atoms with van der Waals surface area (Å²) in [5, 5.41) is 3.18. The van der Waals surface area contributed by atoms with Crippen LogP contribution in [-0.4, -0.2) is 23.8 Å². The van der Waals surface area contributed by atoms with Crippen LogP contribution in [0.2, 0.25) is 0 Å². The van der Waals surface area contributed by atoms with Gasteiger partial charge in [-0.2, -0.15) is 0 Å². The van der Waals surface area contributed by atoms with Gasteiger partial charge < -0.3 is 10.1 Å². The number of aryl methyl sites for hydroxylation is 1. The highest BCUT2D eigenvalue weighted by Gasteiger charge is 2.39. The molecule has 0 radical (unpaired) electrons. The smallest absolute Gasteiger partial charge is 0.278 e. The van der Waals surface area contributed by atoms with Crippen molar-refractivity contribution in [3.8, 4) is 5.75 Å². The molecule has 1 aliphatic heterocycles. The van der Waals surface area contributed by atoms with Crippen LogP contribution in [0.25, 0.3) is 5.57 Å². The summed E-state index contributed by atoms with van der Waals surface area (Å²) in [6, 6.07) is 24.3. The van der Waals surface area contributed by atoms with Crippen molar-refractivity contribution in [1.82, 2.24) is 4.90 Å². The van der Waals surface area contributed by atoms with E-state index in [-0.39, 0.29) is 18.4 Å². The third-order valence-electron chi connectivity index (χ3n) is 5.05. The van der Waals surface area contributed by atoms with Crippen molar-refractivity contribution in [2.45, 2.75) is 13.5 Å². The molecular formula is C25H22N2O3. The van der Waals surface area contributed by atoms with Gasteiger partial charge in [0.2, 0.25) is 0 Å². The van der Waals surface area contributed by atoms with Crippen LogP contribution in [0.1, 0.15) is 16.7 Å². The van der Waals surface area contributed by atoms with Crippen molar-refractivity contribution in [2.24, 2.45) is 0 Å². The van der Waals surface area contributed by atoms with Crippen LogP contribution in [-0.2, 0) is 16.1 Å². The molecule has 1 N–H and O–H groups in total. The van der Waals surface area contributed by atoms with Gasteiger partial charge in [0.25, 0.3) is 11.8 Å². The molecule has 0 unspecified atom stereocenters. The molecule has 2 amide bonds. The predicted molar refractivity (Wildman–Crippen MR) is 117 cm³/mol. The standard InChI is InChI=1S/C25H22N2O3/c1-17-8-12-20(13-9-17)26-23-22(19-6-4-3-5-7-19)24(28)27(25(23)29)16-18-10-14-21(30-2)15-11-18/h3-15,26H,16H2,1-2H3. The molecule has 3 aromatic rings. The van der Waals surface area contributed by atoms with E-state index in [2.05, 4.69) is 5.32 Å². The predicted octanol–water partition coefficient (Wildman–Crippen LogP) is 4.40. The zero-order valence-corrected chi connectivity index (χ0v) is 16.9. The second-order valence-electron chi connectivity index (χ2n) is 7.15. The number of hydrogen-bond donors (Lipinski definition) is 1. The maximum absolute atomic E-state index is 13.3. The molecule has 0 aromatic heterocycles. The number of nitrogens with one attached hydrogen (secondary N) is 1. The Kier molecular flexibility index (Phi) is 5.35. The lowest BCUT2D eigenvalue weighted by Crippen LogP contribution is -2.32. The number of rotatable bonds is 6. The number of amides is 2. The van der Waals surface area contributed by atoms with E-state index in [1.165, 1.54) is 4.90 Å². The van der Waals surface area contributed by atoms with Gasteiger partial charge in [-0.05, 0) is 42.3 Å². The average Bonchev–Trinajstić information content (AvgIpc) is 3.00. The van der Waals surface area contributed by atoms with Crippen LogP contribution >= 0.6 is 0 Å². The second kappa shape index (κ2) is 8.25. The van der Waals surface area contributed by atoms with Gasteiger partial charge in [-0.15, -0.1) is 0 Å². The molecule has 30 heavy (non-hydrogen) atoms. The number of anilines is 1. The number of nitrogens with zero attached hydrogens (tertiary/aromatic N) is 1. The fourth-order valence-corrected chi connectivity index (χ4v) is 3.40. The number of imide groups is 1. The normalized spacial score (nSPS) is 13.7. The molecule has 0 bridgehead atoms. The van der Waals surface area contributed by atoms with Crippen molar-refractivity contribution in [3.63, 3.8) is 0 Å². The molecule has 0 fully saturated rings. The number of benzene rings is 3. The van der Waals surface area contributed by atoms with Crippen LogP contribution in [0.4, 0.5) is 5.69 Å². The van der Waals surface area contributed by atoms with E-state index in [0.717, 1.165) is 22.6 Å². The summed E-state index contributed by atoms with van der Waals surface area (Å²) in [7, 11) is 1.60. The van der Waals surface area contributed by atoms with Crippen LogP contribution in [0, 0.1) is 6.92 Å². The molecule has 4 rings (SSSR count). The Bertz CT molecular complexity index is 1100. The molecule has 0 spiro atoms. The first-order valence-electron chi connectivity index (χ1n) is 9.69. The minimum Gasteiger partial charge on any atom is -0.497 e. The average molecular weight is 398 g/mol. The Morgan fingerprint density at radius 2 is 1.50 bits per heavy atom. The van der Waals surface area contributed by atoms with E-state index in [0.29, 0.717) is 16.8 Å². The Labute approximate surface area is 175 Å². The summed E-state index contributed by atoms with van der Waals surface area (Å²) >= 11 is 0. The molecular weight excluding hydrogens is 376 g/mol. The largest absolute Gasteiger partial charge is 0.497 e. The second-order valence-corrected chi connectivity index (χ2v) is 7.15. The Morgan fingerprint density at radius 1 is 0.833 bits per heavy atom. The fraction of sp³-hybridized carbons (Fsp3) is 0.120. The van der Waals surface area contributed by atoms with Crippen molar-refractivity contribution in [2.75, 3.05) is 12.4 Å². The maximum Gasteiger partial charge on any atom is 0.278 e. The maximum atomic E-state index is 13.3. The molecule has 0 atom stereocenters. The van der Waals surface area contributed by atoms with Gasteiger partial charge in [0.05, 0.1) is 19.2 Å². The summed E-state index contributed by atoms with van der Waals surface area (Å²) in [5.74, 6) is 0.0783. The van der Waals surface area contributed by atoms with Gasteiger partial charge in [-0.25, -0.2) is 0 Å². The van der Waals surface area contributed by atoms with Crippen LogP contribution < -0.4 is 10.1 Å². The first-order valence-corrected chi connectivity index (χ1v) is 9.69. The first kappa shape index (κ1) is 19.5. The van der Waals surface area contributed by atoms with Crippen molar-refractivity contribution >= 4 is 23.1 Å². The Hall–Kier alpha value is -3.86. The van der Waals surface area contributed by atoms with E-state index in [4.69, 9.17) is 4.74 Å². The zero-order chi connectivity index (χ0) is 21.1. The number of methoxy groups -OCH3 is 1. The summed E-state index contributed by atoms with van der Waals surface area (Å²) in [5.41, 5.74) is 4.12. The van der Waals surface area contributed by atoms with Crippen LogP contribution in [0.5, 0.6) is 5.75 Å². The lowest BCUT2D eigenvalue weighted by molar-refractivity contribution is -0.137. The monoisotopic (exact) mass is 398 g/mol. The molecule has 1 aliphatic rings. The fourth-order valence-electron chi connectivity index (χ4n) is 3.40. The van der Waals surface area contributed by atoms with Gasteiger partial charge >= 0.3 is 0 Å². The first-order chi connectivity index (χ1) is 14.6. The SMILES string of the molecule is COc1ccc(CN2C(=O)C(Nc3ccc(C)cc3)=C(c3ccccc3)C2=O)cc1. The minimum atomic E-state index is -0.338. The van der Waals surface area contributed by atoms with Gasteiger partial charge in [-0.1, -0.05) is 60.2 Å². The quantitative estimate of drug-likeness (QED) is 0.626. The third-order valence-corrected chi connectivity index (χ3v) is 5.05. The number of carbonyl (C=O) groups is 2. The van der Waals surface area contributed by atoms with E-state index < -0.39 is 0 Å². The molecule has 1 heterocycles. The Morgan fingerprint density at radius 3 is 2.13 bits per heavy atom. The number of hydrogen-bond acceptors (Lipinski definition) is 4. The van der Waals surface area contributed by atoms with E-state index >= 15 is 0 Å². The van der Waals surface area contributed by atoms with Gasteiger partial charge in [0.15, 0.2) is 0 Å². The third kappa shape index (κ3) is 3.82. The summed E-state index contributed by atoms with van der Waals surface area (Å²) in [6.07, 6.45) is 0.